The van der Waals surface area contributed by atoms with Crippen molar-refractivity contribution in [1.82, 2.24) is 29.9 Å². The van der Waals surface area contributed by atoms with Crippen LogP contribution in [0.3, 0.4) is 0 Å². The highest BCUT2D eigenvalue weighted by Crippen LogP contribution is 2.29. The minimum absolute atomic E-state index is 0.0194. The standard InChI is InChI=1S/C38H40N12O8S2/c1-49(19-21-51)37-45-33(39-27-9-5-3-6-10-27)43-35(47-37)41-29-17-15-25(31(23-29)59(53,54)55)13-14-26-16-18-30(24-32(26)60(56,57)58)42-36-44-34(40-28-11-7-4-8-12-28)46-38(48-36)50(2)20-22-52/h3-18,23-24,51-52H,19-22H2,1-2H3,(H,53,54,55)(H,56,57,58)(H2,39,41,43,45,47)(H2,40,42,44,46,48)/p-2. The second-order valence-electron chi connectivity index (χ2n) is 12.8. The molecule has 22 heteroatoms. The van der Waals surface area contributed by atoms with Crippen molar-refractivity contribution in [2.24, 2.45) is 0 Å². The van der Waals surface area contributed by atoms with Crippen LogP contribution in [0.5, 0.6) is 0 Å². The van der Waals surface area contributed by atoms with Gasteiger partial charge in [-0.15, -0.1) is 0 Å². The largest absolute Gasteiger partial charge is 0.744 e. The first-order valence-electron chi connectivity index (χ1n) is 17.9. The summed E-state index contributed by atoms with van der Waals surface area (Å²) < 4.78 is 75.2. The zero-order valence-corrected chi connectivity index (χ0v) is 33.6. The number of benzene rings is 4. The van der Waals surface area contributed by atoms with Gasteiger partial charge in [0.2, 0.25) is 35.7 Å². The SMILES string of the molecule is CN(CCO)c1nc(Nc2ccccc2)nc(Nc2ccc(C=Cc3ccc(Nc4nc(Nc5ccccc5)nc(N(C)CCO)n4)cc3S(=O)(=O)[O-])c(S(=O)(=O)[O-])c2)n1. The molecular formula is C38H38N12O8S2-2. The first-order valence-corrected chi connectivity index (χ1v) is 20.7. The summed E-state index contributed by atoms with van der Waals surface area (Å²) in [5, 5.41) is 30.8. The number of likely N-dealkylation sites (N-methyl/N-ethyl adjacent to an activating group) is 2. The molecule has 6 rings (SSSR count). The van der Waals surface area contributed by atoms with Crippen molar-refractivity contribution in [3.63, 3.8) is 0 Å². The van der Waals surface area contributed by atoms with Crippen LogP contribution in [-0.2, 0) is 20.2 Å². The molecule has 312 valence electrons. The van der Waals surface area contributed by atoms with Gasteiger partial charge >= 0.3 is 0 Å². The van der Waals surface area contributed by atoms with Crippen LogP contribution in [0.25, 0.3) is 12.2 Å². The number of aliphatic hydroxyl groups excluding tert-OH is 2. The Morgan fingerprint density at radius 3 is 1.17 bits per heavy atom. The third-order valence-electron chi connectivity index (χ3n) is 8.38. The van der Waals surface area contributed by atoms with Crippen LogP contribution in [-0.4, -0.2) is 106 Å². The van der Waals surface area contributed by atoms with Crippen LogP contribution in [0.2, 0.25) is 0 Å². The lowest BCUT2D eigenvalue weighted by Crippen LogP contribution is -2.24. The van der Waals surface area contributed by atoms with Crippen molar-refractivity contribution in [3.05, 3.63) is 108 Å². The van der Waals surface area contributed by atoms with Gasteiger partial charge in [-0.2, -0.15) is 29.9 Å². The molecule has 0 aliphatic carbocycles. The molecule has 6 aromatic rings. The third-order valence-corrected chi connectivity index (χ3v) is 10.2. The average Bonchev–Trinajstić information content (AvgIpc) is 3.20. The number of rotatable bonds is 18. The predicted octanol–water partition coefficient (Wildman–Crippen LogP) is 3.87. The number of hydrogen-bond acceptors (Lipinski definition) is 20. The van der Waals surface area contributed by atoms with Gasteiger partial charge in [0.05, 0.1) is 23.0 Å². The Labute approximate surface area is 345 Å². The topological polar surface area (TPSA) is 287 Å². The summed E-state index contributed by atoms with van der Waals surface area (Å²) >= 11 is 0. The second kappa shape index (κ2) is 18.8. The summed E-state index contributed by atoms with van der Waals surface area (Å²) in [6, 6.07) is 25.7. The second-order valence-corrected chi connectivity index (χ2v) is 15.5. The van der Waals surface area contributed by atoms with E-state index < -0.39 is 30.0 Å². The molecule has 0 saturated heterocycles. The zero-order chi connectivity index (χ0) is 42.9. The summed E-state index contributed by atoms with van der Waals surface area (Å²) in [5.41, 5.74) is 1.34. The highest BCUT2D eigenvalue weighted by molar-refractivity contribution is 7.86. The quantitative estimate of drug-likeness (QED) is 0.0528. The van der Waals surface area contributed by atoms with Gasteiger partial charge in [-0.1, -0.05) is 60.7 Å². The predicted molar refractivity (Wildman–Crippen MR) is 224 cm³/mol. The molecule has 0 atom stereocenters. The maximum atomic E-state index is 12.5. The molecule has 0 fully saturated rings. The van der Waals surface area contributed by atoms with E-state index >= 15 is 0 Å². The zero-order valence-electron chi connectivity index (χ0n) is 32.0. The van der Waals surface area contributed by atoms with E-state index in [1.54, 1.807) is 48.2 Å². The van der Waals surface area contributed by atoms with E-state index in [4.69, 9.17) is 0 Å². The Balaban J connectivity index is 1.29. The van der Waals surface area contributed by atoms with Crippen LogP contribution in [0.1, 0.15) is 11.1 Å². The van der Waals surface area contributed by atoms with Crippen molar-refractivity contribution in [3.8, 4) is 0 Å². The molecule has 0 spiro atoms. The van der Waals surface area contributed by atoms with E-state index in [9.17, 15) is 36.2 Å². The van der Waals surface area contributed by atoms with Gasteiger partial charge in [0.15, 0.2) is 0 Å². The maximum absolute atomic E-state index is 12.5. The summed E-state index contributed by atoms with van der Waals surface area (Å²) in [6.07, 6.45) is 2.38. The van der Waals surface area contributed by atoms with E-state index in [1.807, 2.05) is 36.4 Å². The fraction of sp³-hybridized carbons (Fsp3) is 0.158. The molecule has 60 heavy (non-hydrogen) atoms. The summed E-state index contributed by atoms with van der Waals surface area (Å²) in [7, 11) is -6.93. The van der Waals surface area contributed by atoms with E-state index in [-0.39, 0.29) is 84.5 Å². The third kappa shape index (κ3) is 11.4. The molecule has 0 bridgehead atoms. The van der Waals surface area contributed by atoms with Crippen LogP contribution in [0, 0.1) is 0 Å². The van der Waals surface area contributed by atoms with Crippen LogP contribution >= 0.6 is 0 Å². The molecule has 0 unspecified atom stereocenters. The Bertz CT molecular complexity index is 2510. The smallest absolute Gasteiger partial charge is 0.233 e. The minimum Gasteiger partial charge on any atom is -0.744 e. The van der Waals surface area contributed by atoms with Crippen molar-refractivity contribution in [2.45, 2.75) is 9.79 Å². The highest BCUT2D eigenvalue weighted by atomic mass is 32.2. The number of para-hydroxylation sites is 2. The van der Waals surface area contributed by atoms with Crippen molar-refractivity contribution in [1.29, 1.82) is 0 Å². The molecule has 0 aliphatic rings. The van der Waals surface area contributed by atoms with Crippen LogP contribution in [0.15, 0.2) is 107 Å². The number of nitrogens with zero attached hydrogens (tertiary/aromatic N) is 8. The minimum atomic E-state index is -5.12. The lowest BCUT2D eigenvalue weighted by Gasteiger charge is -2.18. The van der Waals surface area contributed by atoms with E-state index in [2.05, 4.69) is 51.2 Å². The van der Waals surface area contributed by atoms with Crippen molar-refractivity contribution >= 4 is 90.8 Å². The molecule has 0 amide bonds. The van der Waals surface area contributed by atoms with E-state index in [1.165, 1.54) is 36.4 Å². The summed E-state index contributed by atoms with van der Waals surface area (Å²) in [4.78, 5) is 28.1. The maximum Gasteiger partial charge on any atom is 0.233 e. The Hall–Kier alpha value is -6.82. The van der Waals surface area contributed by atoms with Crippen LogP contribution < -0.4 is 31.1 Å². The molecule has 0 saturated carbocycles. The molecule has 2 heterocycles. The monoisotopic (exact) mass is 854 g/mol. The molecular weight excluding hydrogens is 817 g/mol. The average molecular weight is 855 g/mol. The van der Waals surface area contributed by atoms with Gasteiger partial charge in [0, 0.05) is 49.9 Å². The number of aliphatic hydroxyl groups is 2. The van der Waals surface area contributed by atoms with Gasteiger partial charge in [-0.05, 0) is 59.7 Å². The number of nitrogens with one attached hydrogen (secondary N) is 4. The van der Waals surface area contributed by atoms with Crippen molar-refractivity contribution in [2.75, 3.05) is 71.5 Å². The Morgan fingerprint density at radius 2 is 0.850 bits per heavy atom. The normalized spacial score (nSPS) is 11.6. The highest BCUT2D eigenvalue weighted by Gasteiger charge is 2.16. The first-order chi connectivity index (χ1) is 28.7. The van der Waals surface area contributed by atoms with Crippen LogP contribution in [0.4, 0.5) is 58.4 Å². The van der Waals surface area contributed by atoms with Gasteiger partial charge < -0.3 is 50.4 Å². The summed E-state index contributed by atoms with van der Waals surface area (Å²) in [6.45, 7) is 0.0195. The summed E-state index contributed by atoms with van der Waals surface area (Å²) in [5.74, 6) is 0.579. The van der Waals surface area contributed by atoms with Gasteiger partial charge in [-0.25, -0.2) is 16.8 Å². The van der Waals surface area contributed by atoms with Crippen molar-refractivity contribution < 1.29 is 36.2 Å². The van der Waals surface area contributed by atoms with Gasteiger partial charge in [-0.3, -0.25) is 0 Å². The lowest BCUT2D eigenvalue weighted by molar-refractivity contribution is 0.303. The fourth-order valence-electron chi connectivity index (χ4n) is 5.47. The van der Waals surface area contributed by atoms with E-state index in [0.717, 1.165) is 12.1 Å². The Kier molecular flexibility index (Phi) is 13.4. The molecule has 2 aromatic heterocycles. The lowest BCUT2D eigenvalue weighted by atomic mass is 10.1. The molecule has 6 N–H and O–H groups in total. The van der Waals surface area contributed by atoms with Gasteiger partial charge in [0.25, 0.3) is 0 Å². The van der Waals surface area contributed by atoms with E-state index in [0.29, 0.717) is 11.4 Å². The number of hydrogen-bond donors (Lipinski definition) is 6. The molecule has 0 aliphatic heterocycles. The number of aromatic nitrogens is 6. The molecule has 0 radical (unpaired) electrons. The first kappa shape index (κ1) is 42.8. The molecule has 4 aromatic carbocycles. The molecule has 20 nitrogen and oxygen atoms in total. The Morgan fingerprint density at radius 1 is 0.517 bits per heavy atom. The fourth-order valence-corrected chi connectivity index (χ4v) is 6.86. The number of anilines is 10. The van der Waals surface area contributed by atoms with Gasteiger partial charge in [0.1, 0.15) is 20.2 Å².